The first-order valence-corrected chi connectivity index (χ1v) is 2.75. The first-order valence-electron chi connectivity index (χ1n) is 2.11. The molecule has 0 saturated heterocycles. The third-order valence-electron chi connectivity index (χ3n) is 0.743. The molecule has 0 unspecified atom stereocenters. The van der Waals surface area contributed by atoms with Crippen LogP contribution in [0, 0.1) is 0 Å². The van der Waals surface area contributed by atoms with Crippen LogP contribution in [0.4, 0.5) is 0 Å². The van der Waals surface area contributed by atoms with Crippen molar-refractivity contribution in [2.24, 2.45) is 0 Å². The zero-order valence-corrected chi connectivity index (χ0v) is 7.52. The van der Waals surface area contributed by atoms with Crippen molar-refractivity contribution < 1.29 is 16.3 Å². The molecule has 0 radical (unpaired) electrons. The van der Waals surface area contributed by atoms with Gasteiger partial charge in [0, 0.05) is 0 Å². The number of hydrogen-bond donors (Lipinski definition) is 0. The van der Waals surface area contributed by atoms with Crippen LogP contribution in [0.2, 0.25) is 0 Å². The zero-order valence-electron chi connectivity index (χ0n) is 4.61. The summed E-state index contributed by atoms with van der Waals surface area (Å²) in [6.07, 6.45) is 0. The Morgan fingerprint density at radius 3 is 1.56 bits per heavy atom. The van der Waals surface area contributed by atoms with Crippen LogP contribution in [0.3, 0.4) is 0 Å². The minimum absolute atomic E-state index is 0. The fourth-order valence-corrected chi connectivity index (χ4v) is 0.666. The van der Waals surface area contributed by atoms with Crippen LogP contribution < -0.4 is 4.43 Å². The summed E-state index contributed by atoms with van der Waals surface area (Å²) >= 11 is 2.90. The van der Waals surface area contributed by atoms with Gasteiger partial charge in [-0.05, 0) is 0 Å². The van der Waals surface area contributed by atoms with Crippen molar-refractivity contribution in [3.8, 4) is 0 Å². The fourth-order valence-electron chi connectivity index (χ4n) is 0.420. The molecule has 0 bridgehead atoms. The van der Waals surface area contributed by atoms with Gasteiger partial charge in [-0.15, -0.1) is 24.8 Å². The van der Waals surface area contributed by atoms with Gasteiger partial charge in [0.2, 0.25) is 0 Å². The van der Waals surface area contributed by atoms with Crippen molar-refractivity contribution in [2.45, 2.75) is 0 Å². The molecule has 3 heteroatoms. The van der Waals surface area contributed by atoms with E-state index < -0.39 is 0 Å². The van der Waals surface area contributed by atoms with Gasteiger partial charge in [-0.3, -0.25) is 0 Å². The van der Waals surface area contributed by atoms with Gasteiger partial charge in [-0.1, -0.05) is 0 Å². The SMILES string of the molecule is Cl.Cl.[Cr][c]1ccccc1. The second-order valence-corrected chi connectivity index (χ2v) is 2.05. The molecule has 0 fully saturated rings. The molecule has 0 amide bonds. The molecule has 0 aliphatic carbocycles. The molecule has 0 spiro atoms. The van der Waals surface area contributed by atoms with E-state index in [9.17, 15) is 0 Å². The van der Waals surface area contributed by atoms with E-state index in [0.717, 1.165) is 0 Å². The maximum absolute atomic E-state index is 2.90. The molecular weight excluding hydrogens is 195 g/mol. The maximum atomic E-state index is 2.90. The average Bonchev–Trinajstić information content (AvgIpc) is 1.69. The van der Waals surface area contributed by atoms with E-state index in [2.05, 4.69) is 16.3 Å². The van der Waals surface area contributed by atoms with Gasteiger partial charge in [-0.25, -0.2) is 0 Å². The van der Waals surface area contributed by atoms with Crippen LogP contribution in [-0.4, -0.2) is 0 Å². The Hall–Kier alpha value is 0.332. The quantitative estimate of drug-likeness (QED) is 0.600. The second-order valence-electron chi connectivity index (χ2n) is 1.31. The number of rotatable bonds is 0. The molecule has 0 heterocycles. The summed E-state index contributed by atoms with van der Waals surface area (Å²) in [6, 6.07) is 10.1. The summed E-state index contributed by atoms with van der Waals surface area (Å²) in [6.45, 7) is 0. The first kappa shape index (κ1) is 12.1. The predicted octanol–water partition coefficient (Wildman–Crippen LogP) is 1.70. The van der Waals surface area contributed by atoms with Crippen molar-refractivity contribution >= 4 is 29.2 Å². The molecule has 0 atom stereocenters. The summed E-state index contributed by atoms with van der Waals surface area (Å²) < 4.78 is 1.20. The molecule has 0 aromatic heterocycles. The van der Waals surface area contributed by atoms with E-state index in [4.69, 9.17) is 0 Å². The van der Waals surface area contributed by atoms with Crippen LogP contribution in [0.5, 0.6) is 0 Å². The van der Waals surface area contributed by atoms with E-state index in [1.54, 1.807) is 0 Å². The Balaban J connectivity index is 0. The van der Waals surface area contributed by atoms with Crippen LogP contribution in [-0.2, 0) is 16.3 Å². The zero-order chi connectivity index (χ0) is 5.11. The molecule has 0 nitrogen and oxygen atoms in total. The number of hydrogen-bond acceptors (Lipinski definition) is 0. The second kappa shape index (κ2) is 6.45. The monoisotopic (exact) mass is 201 g/mol. The van der Waals surface area contributed by atoms with E-state index in [-0.39, 0.29) is 24.8 Å². The molecule has 1 aromatic carbocycles. The summed E-state index contributed by atoms with van der Waals surface area (Å²) in [5.74, 6) is 0. The average molecular weight is 202 g/mol. The van der Waals surface area contributed by atoms with Gasteiger partial charge in [-0.2, -0.15) is 0 Å². The third-order valence-corrected chi connectivity index (χ3v) is 1.17. The Kier molecular flexibility index (Phi) is 8.64. The minimum atomic E-state index is 0. The van der Waals surface area contributed by atoms with Gasteiger partial charge in [0.15, 0.2) is 0 Å². The molecule has 1 aromatic rings. The van der Waals surface area contributed by atoms with Crippen LogP contribution >= 0.6 is 24.8 Å². The van der Waals surface area contributed by atoms with Crippen molar-refractivity contribution in [3.05, 3.63) is 30.3 Å². The van der Waals surface area contributed by atoms with Crippen LogP contribution in [0.25, 0.3) is 0 Å². The van der Waals surface area contributed by atoms with E-state index in [1.165, 1.54) is 4.43 Å². The molecule has 1 rings (SSSR count). The summed E-state index contributed by atoms with van der Waals surface area (Å²) in [4.78, 5) is 0. The summed E-state index contributed by atoms with van der Waals surface area (Å²) in [5.41, 5.74) is 0. The Labute approximate surface area is 75.9 Å². The van der Waals surface area contributed by atoms with Gasteiger partial charge < -0.3 is 0 Å². The molecule has 0 saturated carbocycles. The Morgan fingerprint density at radius 1 is 0.889 bits per heavy atom. The predicted molar refractivity (Wildman–Crippen MR) is 40.6 cm³/mol. The van der Waals surface area contributed by atoms with Crippen molar-refractivity contribution in [1.29, 1.82) is 0 Å². The standard InChI is InChI=1S/C6H5.2ClH.Cr/c1-2-4-6-5-3-1;;;/h1-5H;2*1H;. The fraction of sp³-hybridized carbons (Fsp3) is 0. The topological polar surface area (TPSA) is 0 Å². The van der Waals surface area contributed by atoms with Gasteiger partial charge in [0.25, 0.3) is 0 Å². The number of halogens is 2. The molecule has 51 valence electrons. The van der Waals surface area contributed by atoms with Crippen molar-refractivity contribution in [1.82, 2.24) is 0 Å². The molecule has 9 heavy (non-hydrogen) atoms. The summed E-state index contributed by atoms with van der Waals surface area (Å²) in [7, 11) is 0. The molecule has 0 aliphatic rings. The van der Waals surface area contributed by atoms with E-state index in [1.807, 2.05) is 30.3 Å². The normalized spacial score (nSPS) is 6.67. The Morgan fingerprint density at radius 2 is 1.33 bits per heavy atom. The van der Waals surface area contributed by atoms with Crippen molar-refractivity contribution in [3.63, 3.8) is 0 Å². The van der Waals surface area contributed by atoms with Gasteiger partial charge in [0.1, 0.15) is 0 Å². The van der Waals surface area contributed by atoms with E-state index >= 15 is 0 Å². The molecule has 0 aliphatic heterocycles. The van der Waals surface area contributed by atoms with Crippen LogP contribution in [0.15, 0.2) is 30.3 Å². The third kappa shape index (κ3) is 4.81. The van der Waals surface area contributed by atoms with Crippen LogP contribution in [0.1, 0.15) is 0 Å². The summed E-state index contributed by atoms with van der Waals surface area (Å²) in [5, 5.41) is 0. The molecular formula is C6H7Cl2Cr. The van der Waals surface area contributed by atoms with Crippen molar-refractivity contribution in [2.75, 3.05) is 0 Å². The van der Waals surface area contributed by atoms with Gasteiger partial charge >= 0.3 is 51.0 Å². The molecule has 0 N–H and O–H groups in total. The first-order chi connectivity index (χ1) is 3.39. The van der Waals surface area contributed by atoms with E-state index in [0.29, 0.717) is 0 Å². The van der Waals surface area contributed by atoms with Gasteiger partial charge in [0.05, 0.1) is 0 Å². The number of benzene rings is 1. The Bertz CT molecular complexity index is 141.